The summed E-state index contributed by atoms with van der Waals surface area (Å²) in [5.41, 5.74) is 1.99. The summed E-state index contributed by atoms with van der Waals surface area (Å²) >= 11 is 0. The molecule has 0 saturated heterocycles. The quantitative estimate of drug-likeness (QED) is 0.382. The maximum atomic E-state index is 13.9. The molecule has 36 heavy (non-hydrogen) atoms. The first-order chi connectivity index (χ1) is 17.1. The van der Waals surface area contributed by atoms with Crippen molar-refractivity contribution in [3.05, 3.63) is 90.3 Å². The molecule has 0 aliphatic heterocycles. The molecule has 2 aromatic carbocycles. The first-order valence-electron chi connectivity index (χ1n) is 11.7. The van der Waals surface area contributed by atoms with E-state index >= 15 is 0 Å². The number of aromatic nitrogens is 2. The zero-order valence-electron chi connectivity index (χ0n) is 19.7. The Kier molecular flexibility index (Phi) is 6.22. The number of nitrogens with zero attached hydrogens (tertiary/aromatic N) is 2. The number of rotatable bonds is 6. The van der Waals surface area contributed by atoms with E-state index in [1.54, 1.807) is 36.4 Å². The Morgan fingerprint density at radius 1 is 0.944 bits per heavy atom. The zero-order valence-corrected chi connectivity index (χ0v) is 21.3. The van der Waals surface area contributed by atoms with Crippen LogP contribution in [-0.4, -0.2) is 37.2 Å². The van der Waals surface area contributed by atoms with Crippen LogP contribution in [0.1, 0.15) is 36.9 Å². The summed E-state index contributed by atoms with van der Waals surface area (Å²) in [6.07, 6.45) is 8.66. The van der Waals surface area contributed by atoms with Gasteiger partial charge in [0.05, 0.1) is 21.7 Å². The summed E-state index contributed by atoms with van der Waals surface area (Å²) in [5.74, 6) is 0.198. The third kappa shape index (κ3) is 4.56. The van der Waals surface area contributed by atoms with Gasteiger partial charge < -0.3 is 5.11 Å². The molecule has 9 heteroatoms. The number of aromatic hydroxyl groups is 1. The van der Waals surface area contributed by atoms with Gasteiger partial charge in [-0.05, 0) is 60.7 Å². The van der Waals surface area contributed by atoms with Gasteiger partial charge in [-0.25, -0.2) is 25.8 Å². The van der Waals surface area contributed by atoms with E-state index < -0.39 is 19.9 Å². The molecule has 0 radical (unpaired) electrons. The van der Waals surface area contributed by atoms with Crippen molar-refractivity contribution in [2.45, 2.75) is 35.5 Å². The van der Waals surface area contributed by atoms with Gasteiger partial charge in [0.25, 0.3) is 10.0 Å². The molecule has 0 spiro atoms. The number of hydrogen-bond donors (Lipinski definition) is 1. The van der Waals surface area contributed by atoms with Crippen molar-refractivity contribution >= 4 is 36.5 Å². The molecule has 0 atom stereocenters. The molecule has 0 bridgehead atoms. The van der Waals surface area contributed by atoms with Gasteiger partial charge in [-0.15, -0.1) is 0 Å². The first kappa shape index (κ1) is 24.3. The average molecular weight is 523 g/mol. The lowest BCUT2D eigenvalue weighted by atomic mass is 9.96. The lowest BCUT2D eigenvalue weighted by Crippen LogP contribution is -2.16. The molecule has 1 aliphatic carbocycles. The minimum atomic E-state index is -4.05. The van der Waals surface area contributed by atoms with Crippen molar-refractivity contribution in [3.8, 4) is 5.75 Å². The Balaban J connectivity index is 1.79. The molecule has 2 aromatic heterocycles. The number of hydrogen-bond acceptors (Lipinski definition) is 6. The number of sulfone groups is 1. The topological polar surface area (TPSA) is 106 Å². The van der Waals surface area contributed by atoms with Gasteiger partial charge in [0.1, 0.15) is 5.75 Å². The lowest BCUT2D eigenvalue weighted by Gasteiger charge is -2.16. The number of allylic oxidation sites excluding steroid dienone is 1. The van der Waals surface area contributed by atoms with E-state index in [-0.39, 0.29) is 27.1 Å². The normalized spacial score (nSPS) is 15.5. The number of benzene rings is 2. The van der Waals surface area contributed by atoms with Crippen LogP contribution in [0.25, 0.3) is 16.6 Å². The van der Waals surface area contributed by atoms with Crippen LogP contribution in [0.5, 0.6) is 5.75 Å². The first-order valence-corrected chi connectivity index (χ1v) is 15.0. The predicted octanol–water partition coefficient (Wildman–Crippen LogP) is 5.00. The van der Waals surface area contributed by atoms with Crippen molar-refractivity contribution in [2.24, 2.45) is 5.92 Å². The summed E-state index contributed by atoms with van der Waals surface area (Å²) < 4.78 is 53.1. The fraction of sp³-hybridized carbons (Fsp3) is 0.222. The third-order valence-corrected chi connectivity index (χ3v) is 9.38. The van der Waals surface area contributed by atoms with E-state index in [9.17, 15) is 21.9 Å². The fourth-order valence-corrected chi connectivity index (χ4v) is 6.89. The van der Waals surface area contributed by atoms with E-state index in [1.165, 1.54) is 40.5 Å². The van der Waals surface area contributed by atoms with Crippen LogP contribution < -0.4 is 0 Å². The van der Waals surface area contributed by atoms with E-state index in [4.69, 9.17) is 0 Å². The van der Waals surface area contributed by atoms with E-state index in [2.05, 4.69) is 11.1 Å². The Bertz CT molecular complexity index is 1670. The van der Waals surface area contributed by atoms with Crippen LogP contribution in [0.3, 0.4) is 0 Å². The van der Waals surface area contributed by atoms with Crippen LogP contribution in [-0.2, 0) is 19.9 Å². The van der Waals surface area contributed by atoms with Gasteiger partial charge in [0.15, 0.2) is 15.5 Å². The predicted molar refractivity (Wildman–Crippen MR) is 139 cm³/mol. The van der Waals surface area contributed by atoms with Crippen molar-refractivity contribution in [3.63, 3.8) is 0 Å². The highest BCUT2D eigenvalue weighted by Crippen LogP contribution is 2.37. The van der Waals surface area contributed by atoms with Crippen LogP contribution in [0.15, 0.2) is 88.8 Å². The molecule has 1 fully saturated rings. The van der Waals surface area contributed by atoms with Gasteiger partial charge in [-0.1, -0.05) is 49.2 Å². The Morgan fingerprint density at radius 3 is 2.25 bits per heavy atom. The molecule has 1 saturated carbocycles. The second-order valence-corrected chi connectivity index (χ2v) is 12.9. The second kappa shape index (κ2) is 9.22. The van der Waals surface area contributed by atoms with E-state index in [0.717, 1.165) is 31.9 Å². The van der Waals surface area contributed by atoms with Crippen molar-refractivity contribution in [1.82, 2.24) is 8.96 Å². The van der Waals surface area contributed by atoms with Crippen LogP contribution in [0.2, 0.25) is 0 Å². The molecular weight excluding hydrogens is 496 g/mol. The summed E-state index contributed by atoms with van der Waals surface area (Å²) in [7, 11) is -7.43. The molecule has 4 aromatic rings. The summed E-state index contributed by atoms with van der Waals surface area (Å²) in [6.45, 7) is 0. The van der Waals surface area contributed by atoms with Crippen LogP contribution in [0, 0.1) is 5.92 Å². The van der Waals surface area contributed by atoms with Gasteiger partial charge in [-0.2, -0.15) is 0 Å². The molecule has 2 heterocycles. The monoisotopic (exact) mass is 522 g/mol. The highest BCUT2D eigenvalue weighted by Gasteiger charge is 2.27. The smallest absolute Gasteiger partial charge is 0.269 e. The Hall–Kier alpha value is -3.43. The summed E-state index contributed by atoms with van der Waals surface area (Å²) in [6, 6.07) is 17.8. The average Bonchev–Trinajstić information content (AvgIpc) is 3.50. The lowest BCUT2D eigenvalue weighted by molar-refractivity contribution is 0.474. The van der Waals surface area contributed by atoms with E-state index in [0.29, 0.717) is 22.2 Å². The van der Waals surface area contributed by atoms with Gasteiger partial charge in [0.2, 0.25) is 0 Å². The van der Waals surface area contributed by atoms with Crippen molar-refractivity contribution < 1.29 is 21.9 Å². The summed E-state index contributed by atoms with van der Waals surface area (Å²) in [4.78, 5) is 4.58. The van der Waals surface area contributed by atoms with Crippen LogP contribution in [0.4, 0.5) is 0 Å². The molecule has 1 N–H and O–H groups in total. The van der Waals surface area contributed by atoms with E-state index in [1.807, 2.05) is 0 Å². The Morgan fingerprint density at radius 2 is 1.61 bits per heavy atom. The standard InChI is InChI=1S/C27H26N2O5S2/c1-35(31,32)23-13-11-20(12-14-23)25(15-19-7-5-6-8-19)26-17-21-16-22(30)18-28-27(21)29(26)36(33,34)24-9-3-2-4-10-24/h2-4,9-19,30H,5-8H2,1H3/b25-15+. The largest absolute Gasteiger partial charge is 0.506 e. The minimum Gasteiger partial charge on any atom is -0.506 e. The van der Waals surface area contributed by atoms with Gasteiger partial charge >= 0.3 is 0 Å². The molecule has 1 aliphatic rings. The molecular formula is C27H26N2O5S2. The maximum Gasteiger partial charge on any atom is 0.269 e. The minimum absolute atomic E-state index is 0.0675. The molecule has 186 valence electrons. The fourth-order valence-electron chi connectivity index (χ4n) is 4.76. The van der Waals surface area contributed by atoms with Gasteiger partial charge in [-0.3, -0.25) is 0 Å². The Labute approximate surface area is 210 Å². The van der Waals surface area contributed by atoms with Gasteiger partial charge in [0, 0.05) is 17.2 Å². The summed E-state index contributed by atoms with van der Waals surface area (Å²) in [5, 5.41) is 10.5. The number of fused-ring (bicyclic) bond motifs is 1. The van der Waals surface area contributed by atoms with Crippen LogP contribution >= 0.6 is 0 Å². The molecule has 0 amide bonds. The highest BCUT2D eigenvalue weighted by atomic mass is 32.2. The second-order valence-electron chi connectivity index (χ2n) is 9.14. The zero-order chi connectivity index (χ0) is 25.5. The molecule has 5 rings (SSSR count). The maximum absolute atomic E-state index is 13.9. The third-order valence-electron chi connectivity index (χ3n) is 6.54. The highest BCUT2D eigenvalue weighted by molar-refractivity contribution is 7.90. The van der Waals surface area contributed by atoms with Crippen molar-refractivity contribution in [1.29, 1.82) is 0 Å². The number of pyridine rings is 1. The van der Waals surface area contributed by atoms with Crippen molar-refractivity contribution in [2.75, 3.05) is 6.26 Å². The molecule has 7 nitrogen and oxygen atoms in total. The SMILES string of the molecule is CS(=O)(=O)c1ccc(/C(=C\C2CCCC2)c2cc3cc(O)cnc3n2S(=O)(=O)c2ccccc2)cc1. The molecule has 0 unspecified atom stereocenters.